The lowest BCUT2D eigenvalue weighted by atomic mass is 10.2. The molecule has 11 heteroatoms. The zero-order valence-corrected chi connectivity index (χ0v) is 19.3. The molecule has 1 heterocycles. The topological polar surface area (TPSA) is 69.0 Å². The second kappa shape index (κ2) is 10.3. The summed E-state index contributed by atoms with van der Waals surface area (Å²) in [6.07, 6.45) is -2.89. The molecule has 174 valence electrons. The van der Waals surface area contributed by atoms with Crippen molar-refractivity contribution in [1.29, 1.82) is 0 Å². The number of carbonyl (C=O) groups excluding carboxylic acids is 1. The highest BCUT2D eigenvalue weighted by molar-refractivity contribution is 8.00. The number of rotatable bonds is 8. The van der Waals surface area contributed by atoms with Crippen LogP contribution in [0.15, 0.2) is 60.3 Å². The maximum absolute atomic E-state index is 13.0. The number of amides is 1. The summed E-state index contributed by atoms with van der Waals surface area (Å²) < 4.78 is 46.2. The maximum Gasteiger partial charge on any atom is 0.416 e. The Bertz CT molecular complexity index is 1170. The van der Waals surface area contributed by atoms with E-state index in [9.17, 15) is 18.0 Å². The first-order chi connectivity index (χ1) is 15.7. The molecule has 33 heavy (non-hydrogen) atoms. The number of aromatic nitrogens is 3. The Labute approximate surface area is 197 Å². The fourth-order valence-corrected chi connectivity index (χ4v) is 3.96. The summed E-state index contributed by atoms with van der Waals surface area (Å²) in [5, 5.41) is 10.6. The fraction of sp³-hybridized carbons (Fsp3) is 0.227. The monoisotopic (exact) mass is 496 g/mol. The minimum Gasteiger partial charge on any atom is -0.496 e. The van der Waals surface area contributed by atoms with Gasteiger partial charge in [-0.2, -0.15) is 13.2 Å². The molecule has 1 N–H and O–H groups in total. The number of nitrogens with one attached hydrogen (secondary N) is 1. The lowest BCUT2D eigenvalue weighted by Gasteiger charge is -2.15. The van der Waals surface area contributed by atoms with Crippen LogP contribution in [0.2, 0.25) is 5.02 Å². The summed E-state index contributed by atoms with van der Waals surface area (Å²) >= 11 is 7.09. The van der Waals surface area contributed by atoms with Crippen molar-refractivity contribution in [2.75, 3.05) is 12.4 Å². The molecule has 1 amide bonds. The molecule has 0 unspecified atom stereocenters. The second-order valence-corrected chi connectivity index (χ2v) is 8.56. The van der Waals surface area contributed by atoms with Crippen LogP contribution in [-0.2, 0) is 17.5 Å². The van der Waals surface area contributed by atoms with Crippen LogP contribution in [0.1, 0.15) is 12.5 Å². The highest BCUT2D eigenvalue weighted by atomic mass is 35.5. The molecule has 0 saturated heterocycles. The number of carbonyl (C=O) groups is 1. The summed E-state index contributed by atoms with van der Waals surface area (Å²) in [6.45, 7) is 5.74. The molecule has 2 aromatic carbocycles. The van der Waals surface area contributed by atoms with E-state index in [1.807, 2.05) is 18.2 Å². The van der Waals surface area contributed by atoms with Gasteiger partial charge in [-0.1, -0.05) is 41.6 Å². The number of methoxy groups -OCH3 is 1. The van der Waals surface area contributed by atoms with Gasteiger partial charge in [0, 0.05) is 6.54 Å². The number of hydrogen-bond donors (Lipinski definition) is 1. The van der Waals surface area contributed by atoms with Gasteiger partial charge in [-0.3, -0.25) is 9.36 Å². The van der Waals surface area contributed by atoms with Gasteiger partial charge in [0.1, 0.15) is 5.75 Å². The van der Waals surface area contributed by atoms with Gasteiger partial charge in [0.2, 0.25) is 5.91 Å². The van der Waals surface area contributed by atoms with E-state index in [1.165, 1.54) is 0 Å². The number of ether oxygens (including phenoxy) is 1. The molecule has 0 aliphatic carbocycles. The molecule has 1 atom stereocenters. The Kier molecular flexibility index (Phi) is 7.70. The Morgan fingerprint density at radius 1 is 1.30 bits per heavy atom. The van der Waals surface area contributed by atoms with E-state index < -0.39 is 22.9 Å². The van der Waals surface area contributed by atoms with E-state index in [-0.39, 0.29) is 10.7 Å². The molecule has 0 aliphatic rings. The zero-order chi connectivity index (χ0) is 24.2. The third-order valence-corrected chi connectivity index (χ3v) is 5.99. The van der Waals surface area contributed by atoms with Crippen molar-refractivity contribution >= 4 is 35.0 Å². The number of nitrogens with zero attached hydrogens (tertiary/aromatic N) is 3. The first-order valence-electron chi connectivity index (χ1n) is 9.67. The Morgan fingerprint density at radius 2 is 2.03 bits per heavy atom. The normalized spacial score (nSPS) is 12.3. The Balaban J connectivity index is 1.83. The van der Waals surface area contributed by atoms with Crippen LogP contribution in [0.4, 0.5) is 18.9 Å². The van der Waals surface area contributed by atoms with E-state index in [1.54, 1.807) is 30.7 Å². The minimum atomic E-state index is -4.56. The van der Waals surface area contributed by atoms with Crippen molar-refractivity contribution in [1.82, 2.24) is 14.8 Å². The van der Waals surface area contributed by atoms with E-state index in [2.05, 4.69) is 22.1 Å². The van der Waals surface area contributed by atoms with E-state index in [4.69, 9.17) is 16.3 Å². The Morgan fingerprint density at radius 3 is 2.70 bits per heavy atom. The SMILES string of the molecule is C=CCn1c(S[C@@H](C)C(=O)Nc2cc(C(F)(F)F)ccc2Cl)nnc1-c1ccccc1OC. The number of anilines is 1. The molecule has 0 bridgehead atoms. The fourth-order valence-electron chi connectivity index (χ4n) is 2.94. The van der Waals surface area contributed by atoms with Gasteiger partial charge in [0.15, 0.2) is 11.0 Å². The molecule has 0 saturated carbocycles. The van der Waals surface area contributed by atoms with Crippen LogP contribution in [0.25, 0.3) is 11.4 Å². The molecule has 0 aliphatic heterocycles. The standard InChI is InChI=1S/C22H20ClF3N4O2S/c1-4-11-30-19(15-7-5-6-8-18(15)32-3)28-29-21(30)33-13(2)20(31)27-17-12-14(22(24,25)26)9-10-16(17)23/h4-10,12-13H,1,11H2,2-3H3,(H,27,31)/t13-/m0/s1. The zero-order valence-electron chi connectivity index (χ0n) is 17.7. The number of allylic oxidation sites excluding steroid dienone is 1. The van der Waals surface area contributed by atoms with E-state index in [0.29, 0.717) is 28.8 Å². The van der Waals surface area contributed by atoms with Crippen LogP contribution >= 0.6 is 23.4 Å². The number of para-hydroxylation sites is 1. The largest absolute Gasteiger partial charge is 0.496 e. The van der Waals surface area contributed by atoms with Gasteiger partial charge in [-0.15, -0.1) is 16.8 Å². The van der Waals surface area contributed by atoms with Gasteiger partial charge in [-0.05, 0) is 37.3 Å². The van der Waals surface area contributed by atoms with Crippen molar-refractivity contribution in [2.24, 2.45) is 0 Å². The van der Waals surface area contributed by atoms with Crippen LogP contribution in [-0.4, -0.2) is 33.0 Å². The molecule has 6 nitrogen and oxygen atoms in total. The van der Waals surface area contributed by atoms with Gasteiger partial charge in [0.05, 0.1) is 34.2 Å². The summed E-state index contributed by atoms with van der Waals surface area (Å²) in [4.78, 5) is 12.7. The lowest BCUT2D eigenvalue weighted by molar-refractivity contribution is -0.137. The molecule has 0 spiro atoms. The van der Waals surface area contributed by atoms with Gasteiger partial charge >= 0.3 is 6.18 Å². The average molecular weight is 497 g/mol. The molecule has 0 radical (unpaired) electrons. The number of thioether (sulfide) groups is 1. The van der Waals surface area contributed by atoms with Crippen LogP contribution in [0, 0.1) is 0 Å². The first kappa shape index (κ1) is 24.7. The van der Waals surface area contributed by atoms with E-state index in [0.717, 1.165) is 30.0 Å². The average Bonchev–Trinajstić information content (AvgIpc) is 3.16. The van der Waals surface area contributed by atoms with Crippen LogP contribution < -0.4 is 10.1 Å². The molecule has 3 aromatic rings. The minimum absolute atomic E-state index is 0.00170. The van der Waals surface area contributed by atoms with E-state index >= 15 is 0 Å². The van der Waals surface area contributed by atoms with Crippen molar-refractivity contribution in [3.63, 3.8) is 0 Å². The predicted octanol–water partition coefficient (Wildman–Crippen LogP) is 5.93. The van der Waals surface area contributed by atoms with Crippen LogP contribution in [0.3, 0.4) is 0 Å². The number of benzene rings is 2. The van der Waals surface area contributed by atoms with Gasteiger partial charge in [-0.25, -0.2) is 0 Å². The molecular weight excluding hydrogens is 477 g/mol. The molecule has 0 fully saturated rings. The van der Waals surface area contributed by atoms with Crippen molar-refractivity contribution in [3.05, 3.63) is 65.7 Å². The molecule has 1 aromatic heterocycles. The number of hydrogen-bond acceptors (Lipinski definition) is 5. The third-order valence-electron chi connectivity index (χ3n) is 4.58. The van der Waals surface area contributed by atoms with Gasteiger partial charge < -0.3 is 10.1 Å². The Hall–Kier alpha value is -2.98. The highest BCUT2D eigenvalue weighted by Gasteiger charge is 2.31. The molecular formula is C22H20ClF3N4O2S. The maximum atomic E-state index is 13.0. The highest BCUT2D eigenvalue weighted by Crippen LogP contribution is 2.35. The summed E-state index contributed by atoms with van der Waals surface area (Å²) in [5.74, 6) is 0.605. The lowest BCUT2D eigenvalue weighted by Crippen LogP contribution is -2.23. The summed E-state index contributed by atoms with van der Waals surface area (Å²) in [6, 6.07) is 10.1. The van der Waals surface area contributed by atoms with Gasteiger partial charge in [0.25, 0.3) is 0 Å². The second-order valence-electron chi connectivity index (χ2n) is 6.85. The predicted molar refractivity (Wildman–Crippen MR) is 123 cm³/mol. The van der Waals surface area contributed by atoms with Crippen molar-refractivity contribution in [3.8, 4) is 17.1 Å². The number of halogens is 4. The van der Waals surface area contributed by atoms with Crippen molar-refractivity contribution < 1.29 is 22.7 Å². The summed E-state index contributed by atoms with van der Waals surface area (Å²) in [5.41, 5.74) is -0.310. The van der Waals surface area contributed by atoms with Crippen molar-refractivity contribution in [2.45, 2.75) is 30.1 Å². The third kappa shape index (κ3) is 5.69. The smallest absolute Gasteiger partial charge is 0.416 e. The number of alkyl halides is 3. The van der Waals surface area contributed by atoms with Crippen LogP contribution in [0.5, 0.6) is 5.75 Å². The summed E-state index contributed by atoms with van der Waals surface area (Å²) in [7, 11) is 1.55. The molecule has 3 rings (SSSR count). The quantitative estimate of drug-likeness (QED) is 0.309. The first-order valence-corrected chi connectivity index (χ1v) is 10.9.